The maximum Gasteiger partial charge on any atom is 0.341 e. The van der Waals surface area contributed by atoms with E-state index in [9.17, 15) is 19.3 Å². The lowest BCUT2D eigenvalue weighted by Crippen LogP contribution is -2.05. The van der Waals surface area contributed by atoms with E-state index in [4.69, 9.17) is 4.74 Å². The van der Waals surface area contributed by atoms with Crippen molar-refractivity contribution in [3.05, 3.63) is 63.7 Å². The van der Waals surface area contributed by atoms with Gasteiger partial charge in [-0.3, -0.25) is 10.1 Å². The summed E-state index contributed by atoms with van der Waals surface area (Å²) in [6.07, 6.45) is 4.16. The molecule has 0 N–H and O–H groups in total. The van der Waals surface area contributed by atoms with Gasteiger partial charge >= 0.3 is 5.97 Å². The second-order valence-corrected chi connectivity index (χ2v) is 5.35. The molecule has 0 amide bonds. The average Bonchev–Trinajstić information content (AvgIpc) is 2.67. The van der Waals surface area contributed by atoms with Gasteiger partial charge in [-0.05, 0) is 24.4 Å². The van der Waals surface area contributed by atoms with Crippen molar-refractivity contribution in [3.63, 3.8) is 0 Å². The Kier molecular flexibility index (Phi) is 8.54. The lowest BCUT2D eigenvalue weighted by molar-refractivity contribution is -0.385. The van der Waals surface area contributed by atoms with Gasteiger partial charge in [0.1, 0.15) is 23.3 Å². The number of halogens is 1. The van der Waals surface area contributed by atoms with Crippen LogP contribution in [0.4, 0.5) is 10.1 Å². The molecule has 0 saturated heterocycles. The molecule has 0 spiro atoms. The van der Waals surface area contributed by atoms with Gasteiger partial charge < -0.3 is 14.4 Å². The number of methoxy groups -OCH3 is 1. The van der Waals surface area contributed by atoms with Crippen molar-refractivity contribution in [3.8, 4) is 11.6 Å². The maximum atomic E-state index is 13.5. The quantitative estimate of drug-likeness (QED) is 0.412. The zero-order valence-corrected chi connectivity index (χ0v) is 16.3. The number of aromatic nitrogens is 1. The van der Waals surface area contributed by atoms with Gasteiger partial charge in [0, 0.05) is 26.2 Å². The number of rotatable bonds is 6. The van der Waals surface area contributed by atoms with Crippen molar-refractivity contribution < 1.29 is 23.6 Å². The summed E-state index contributed by atoms with van der Waals surface area (Å²) in [7, 11) is 4.70. The lowest BCUT2D eigenvalue weighted by Gasteiger charge is -2.10. The summed E-state index contributed by atoms with van der Waals surface area (Å²) in [6.45, 7) is 4.00. The Labute approximate surface area is 162 Å². The third-order valence-electron chi connectivity index (χ3n) is 3.20. The molecule has 1 aromatic carbocycles. The molecule has 28 heavy (non-hydrogen) atoms. The standard InChI is InChI=1S/C17H16FN3O5.C2H6/c1-20(2)7-6-11-8-16(19-10-14(11)21(23)24)26-15-9-12(18)4-5-13(15)17(22)25-3;1-2/h4-10H,1-3H3;1-2H3/b7-6+;. The Hall–Kier alpha value is -3.49. The van der Waals surface area contributed by atoms with E-state index in [2.05, 4.69) is 9.72 Å². The van der Waals surface area contributed by atoms with E-state index in [1.165, 1.54) is 25.3 Å². The first-order valence-electron chi connectivity index (χ1n) is 8.36. The minimum atomic E-state index is -0.713. The number of hydrogen-bond acceptors (Lipinski definition) is 7. The predicted octanol–water partition coefficient (Wildman–Crippen LogP) is 4.27. The summed E-state index contributed by atoms with van der Waals surface area (Å²) in [4.78, 5) is 27.9. The van der Waals surface area contributed by atoms with Crippen LogP contribution in [0.25, 0.3) is 6.08 Å². The Morgan fingerprint density at radius 3 is 2.54 bits per heavy atom. The molecule has 0 unspecified atom stereocenters. The van der Waals surface area contributed by atoms with Crippen LogP contribution in [0.15, 0.2) is 36.7 Å². The topological polar surface area (TPSA) is 94.8 Å². The van der Waals surface area contributed by atoms with Crippen molar-refractivity contribution in [1.82, 2.24) is 9.88 Å². The van der Waals surface area contributed by atoms with Crippen LogP contribution in [0, 0.1) is 15.9 Å². The summed E-state index contributed by atoms with van der Waals surface area (Å²) in [5.74, 6) is -1.48. The van der Waals surface area contributed by atoms with E-state index < -0.39 is 16.7 Å². The summed E-state index contributed by atoms with van der Waals surface area (Å²) >= 11 is 0. The van der Waals surface area contributed by atoms with Gasteiger partial charge in [-0.2, -0.15) is 0 Å². The molecule has 8 nitrogen and oxygen atoms in total. The van der Waals surface area contributed by atoms with Crippen LogP contribution < -0.4 is 4.74 Å². The van der Waals surface area contributed by atoms with Gasteiger partial charge in [0.2, 0.25) is 5.88 Å². The fourth-order valence-corrected chi connectivity index (χ4v) is 1.99. The third kappa shape index (κ3) is 6.04. The summed E-state index contributed by atoms with van der Waals surface area (Å²) < 4.78 is 23.6. The molecule has 0 aliphatic heterocycles. The first kappa shape index (κ1) is 22.6. The molecule has 0 saturated carbocycles. The molecule has 0 aliphatic rings. The van der Waals surface area contributed by atoms with Crippen LogP contribution in [0.5, 0.6) is 11.6 Å². The normalized spacial score (nSPS) is 10.1. The minimum absolute atomic E-state index is 0.000522. The largest absolute Gasteiger partial charge is 0.465 e. The Morgan fingerprint density at radius 2 is 1.96 bits per heavy atom. The first-order valence-corrected chi connectivity index (χ1v) is 8.36. The Morgan fingerprint density at radius 1 is 1.29 bits per heavy atom. The van der Waals surface area contributed by atoms with Crippen LogP contribution in [-0.2, 0) is 4.74 Å². The van der Waals surface area contributed by atoms with E-state index in [-0.39, 0.29) is 28.4 Å². The molecule has 0 aliphatic carbocycles. The molecule has 0 fully saturated rings. The highest BCUT2D eigenvalue weighted by Crippen LogP contribution is 2.29. The van der Waals surface area contributed by atoms with Gasteiger partial charge in [-0.15, -0.1) is 0 Å². The highest BCUT2D eigenvalue weighted by atomic mass is 19.1. The number of hydrogen-bond donors (Lipinski definition) is 0. The van der Waals surface area contributed by atoms with E-state index in [0.29, 0.717) is 0 Å². The van der Waals surface area contributed by atoms with Crippen molar-refractivity contribution in [2.45, 2.75) is 13.8 Å². The maximum absolute atomic E-state index is 13.5. The zero-order valence-electron chi connectivity index (χ0n) is 16.3. The van der Waals surface area contributed by atoms with Gasteiger partial charge in [-0.1, -0.05) is 13.8 Å². The summed E-state index contributed by atoms with van der Waals surface area (Å²) in [6, 6.07) is 4.64. The molecule has 0 atom stereocenters. The van der Waals surface area contributed by atoms with Gasteiger partial charge in [0.15, 0.2) is 0 Å². The summed E-state index contributed by atoms with van der Waals surface area (Å²) in [5, 5.41) is 11.1. The molecule has 9 heteroatoms. The molecular weight excluding hydrogens is 369 g/mol. The van der Waals surface area contributed by atoms with Crippen molar-refractivity contribution >= 4 is 17.7 Å². The molecule has 0 bridgehead atoms. The summed E-state index contributed by atoms with van der Waals surface area (Å²) in [5.41, 5.74) is 0.0204. The number of esters is 1. The zero-order chi connectivity index (χ0) is 21.3. The number of carbonyl (C=O) groups is 1. The van der Waals surface area contributed by atoms with E-state index in [1.807, 2.05) is 13.8 Å². The number of ether oxygens (including phenoxy) is 2. The molecule has 1 aromatic heterocycles. The van der Waals surface area contributed by atoms with Crippen molar-refractivity contribution in [2.75, 3.05) is 21.2 Å². The predicted molar refractivity (Wildman–Crippen MR) is 103 cm³/mol. The molecular formula is C19H22FN3O5. The monoisotopic (exact) mass is 391 g/mol. The van der Waals surface area contributed by atoms with E-state index in [1.54, 1.807) is 25.2 Å². The van der Waals surface area contributed by atoms with Crippen LogP contribution >= 0.6 is 0 Å². The number of carbonyl (C=O) groups excluding carboxylic acids is 1. The second kappa shape index (κ2) is 10.6. The Bertz CT molecular complexity index is 869. The lowest BCUT2D eigenvalue weighted by atomic mass is 10.2. The Balaban J connectivity index is 0.00000190. The second-order valence-electron chi connectivity index (χ2n) is 5.35. The molecule has 0 radical (unpaired) electrons. The van der Waals surface area contributed by atoms with Gasteiger partial charge in [-0.25, -0.2) is 14.2 Å². The van der Waals surface area contributed by atoms with E-state index >= 15 is 0 Å². The molecule has 2 rings (SSSR count). The molecule has 1 heterocycles. The smallest absolute Gasteiger partial charge is 0.341 e. The fraction of sp³-hybridized carbons (Fsp3) is 0.263. The van der Waals surface area contributed by atoms with Crippen LogP contribution in [-0.4, -0.2) is 42.0 Å². The minimum Gasteiger partial charge on any atom is -0.465 e. The molecule has 150 valence electrons. The van der Waals surface area contributed by atoms with Crippen molar-refractivity contribution in [1.29, 1.82) is 0 Å². The highest BCUT2D eigenvalue weighted by molar-refractivity contribution is 5.92. The van der Waals surface area contributed by atoms with Crippen LogP contribution in [0.3, 0.4) is 0 Å². The number of pyridine rings is 1. The number of nitrogens with zero attached hydrogens (tertiary/aromatic N) is 3. The fourth-order valence-electron chi connectivity index (χ4n) is 1.99. The number of benzene rings is 1. The highest BCUT2D eigenvalue weighted by Gasteiger charge is 2.18. The average molecular weight is 391 g/mol. The van der Waals surface area contributed by atoms with Crippen LogP contribution in [0.1, 0.15) is 29.8 Å². The first-order chi connectivity index (χ1) is 13.3. The van der Waals surface area contributed by atoms with Gasteiger partial charge in [0.25, 0.3) is 5.69 Å². The third-order valence-corrected chi connectivity index (χ3v) is 3.20. The number of nitro groups is 1. The van der Waals surface area contributed by atoms with E-state index in [0.717, 1.165) is 18.3 Å². The van der Waals surface area contributed by atoms with Gasteiger partial charge in [0.05, 0.1) is 17.6 Å². The van der Waals surface area contributed by atoms with Crippen molar-refractivity contribution in [2.24, 2.45) is 0 Å². The SMILES string of the molecule is CC.COC(=O)c1ccc(F)cc1Oc1cc(/C=C/N(C)C)c([N+](=O)[O-])cn1. The molecule has 2 aromatic rings. The van der Waals surface area contributed by atoms with Crippen LogP contribution in [0.2, 0.25) is 0 Å².